The van der Waals surface area contributed by atoms with Crippen LogP contribution < -0.4 is 0 Å². The summed E-state index contributed by atoms with van der Waals surface area (Å²) in [6.45, 7) is 0. The lowest BCUT2D eigenvalue weighted by Gasteiger charge is -2.38. The van der Waals surface area contributed by atoms with Crippen LogP contribution in [0.3, 0.4) is 0 Å². The highest BCUT2D eigenvalue weighted by molar-refractivity contribution is 5.27. The standard InChI is InChI=1S/C24H30F3N/c25-24(26,27)23-15-13-22(14-16-23)21-11-9-20(10-12-21)19-7-5-18(6-8-19)4-2-1-3-17-28/h1,3,13-16,18-21H,2,4-12H2. The van der Waals surface area contributed by atoms with Crippen molar-refractivity contribution in [3.8, 4) is 6.07 Å². The molecule has 0 saturated heterocycles. The number of halogens is 3. The average molecular weight is 390 g/mol. The zero-order valence-electron chi connectivity index (χ0n) is 16.4. The van der Waals surface area contributed by atoms with Crippen LogP contribution in [0.2, 0.25) is 0 Å². The van der Waals surface area contributed by atoms with Crippen molar-refractivity contribution in [3.05, 3.63) is 47.5 Å². The second-order valence-corrected chi connectivity index (χ2v) is 8.62. The van der Waals surface area contributed by atoms with Gasteiger partial charge in [0, 0.05) is 6.08 Å². The van der Waals surface area contributed by atoms with E-state index in [1.165, 1.54) is 57.1 Å². The van der Waals surface area contributed by atoms with Crippen LogP contribution >= 0.6 is 0 Å². The predicted molar refractivity (Wildman–Crippen MR) is 106 cm³/mol. The Morgan fingerprint density at radius 2 is 1.46 bits per heavy atom. The van der Waals surface area contributed by atoms with Gasteiger partial charge in [-0.25, -0.2) is 0 Å². The fraction of sp³-hybridized carbons (Fsp3) is 0.625. The van der Waals surface area contributed by atoms with Crippen LogP contribution in [-0.4, -0.2) is 0 Å². The van der Waals surface area contributed by atoms with E-state index in [0.717, 1.165) is 42.6 Å². The molecule has 0 unspecified atom stereocenters. The normalized spacial score (nSPS) is 28.9. The largest absolute Gasteiger partial charge is 0.416 e. The lowest BCUT2D eigenvalue weighted by atomic mass is 9.68. The van der Waals surface area contributed by atoms with Crippen molar-refractivity contribution in [1.82, 2.24) is 0 Å². The predicted octanol–water partition coefficient (Wildman–Crippen LogP) is 7.65. The maximum absolute atomic E-state index is 12.7. The van der Waals surface area contributed by atoms with Crippen LogP contribution in [-0.2, 0) is 6.18 Å². The lowest BCUT2D eigenvalue weighted by Crippen LogP contribution is -2.25. The Balaban J connectivity index is 1.42. The molecule has 0 heterocycles. The third-order valence-corrected chi connectivity index (χ3v) is 6.97. The minimum atomic E-state index is -4.25. The molecular formula is C24H30F3N. The molecule has 0 amide bonds. The van der Waals surface area contributed by atoms with Gasteiger partial charge in [-0.3, -0.25) is 0 Å². The summed E-state index contributed by atoms with van der Waals surface area (Å²) in [6.07, 6.45) is 11.4. The molecule has 2 aliphatic rings. The first-order chi connectivity index (χ1) is 13.5. The molecule has 0 spiro atoms. The van der Waals surface area contributed by atoms with Crippen molar-refractivity contribution in [2.24, 2.45) is 17.8 Å². The molecule has 2 aliphatic carbocycles. The first kappa shape index (κ1) is 21.0. The topological polar surface area (TPSA) is 23.8 Å². The Morgan fingerprint density at radius 1 is 0.893 bits per heavy atom. The number of hydrogen-bond donors (Lipinski definition) is 0. The second-order valence-electron chi connectivity index (χ2n) is 8.62. The van der Waals surface area contributed by atoms with E-state index < -0.39 is 11.7 Å². The van der Waals surface area contributed by atoms with Gasteiger partial charge >= 0.3 is 6.18 Å². The molecule has 2 fully saturated rings. The van der Waals surface area contributed by atoms with Crippen LogP contribution in [0.15, 0.2) is 36.4 Å². The Labute approximate surface area is 166 Å². The summed E-state index contributed by atoms with van der Waals surface area (Å²) in [4.78, 5) is 0. The molecule has 4 heteroatoms. The van der Waals surface area contributed by atoms with E-state index in [-0.39, 0.29) is 0 Å². The highest BCUT2D eigenvalue weighted by Gasteiger charge is 2.32. The third kappa shape index (κ3) is 5.63. The van der Waals surface area contributed by atoms with Gasteiger partial charge in [0.2, 0.25) is 0 Å². The van der Waals surface area contributed by atoms with Crippen LogP contribution in [0.5, 0.6) is 0 Å². The fourth-order valence-corrected chi connectivity index (χ4v) is 5.28. The molecule has 28 heavy (non-hydrogen) atoms. The van der Waals surface area contributed by atoms with Crippen LogP contribution in [0.1, 0.15) is 81.3 Å². The molecule has 0 N–H and O–H groups in total. The molecule has 0 atom stereocenters. The van der Waals surface area contributed by atoms with Crippen molar-refractivity contribution in [1.29, 1.82) is 5.26 Å². The van der Waals surface area contributed by atoms with Crippen LogP contribution in [0.4, 0.5) is 13.2 Å². The molecule has 2 saturated carbocycles. The van der Waals surface area contributed by atoms with Gasteiger partial charge in [0.25, 0.3) is 0 Å². The van der Waals surface area contributed by atoms with E-state index in [9.17, 15) is 13.2 Å². The fourth-order valence-electron chi connectivity index (χ4n) is 5.28. The van der Waals surface area contributed by atoms with Crippen molar-refractivity contribution in [2.45, 2.75) is 76.3 Å². The second kappa shape index (κ2) is 9.63. The van der Waals surface area contributed by atoms with E-state index in [0.29, 0.717) is 5.92 Å². The number of alkyl halides is 3. The Bertz CT molecular complexity index is 667. The molecule has 1 aromatic carbocycles. The van der Waals surface area contributed by atoms with E-state index in [1.54, 1.807) is 18.2 Å². The van der Waals surface area contributed by atoms with Crippen LogP contribution in [0.25, 0.3) is 0 Å². The van der Waals surface area contributed by atoms with Gasteiger partial charge in [0.15, 0.2) is 0 Å². The molecule has 1 aromatic rings. The molecule has 0 radical (unpaired) electrons. The number of hydrogen-bond acceptors (Lipinski definition) is 1. The molecule has 0 bridgehead atoms. The summed E-state index contributed by atoms with van der Waals surface area (Å²) in [5.74, 6) is 2.86. The van der Waals surface area contributed by atoms with Crippen molar-refractivity contribution < 1.29 is 13.2 Å². The minimum absolute atomic E-state index is 0.418. The molecule has 152 valence electrons. The molecule has 0 aromatic heterocycles. The molecule has 1 nitrogen and oxygen atoms in total. The maximum Gasteiger partial charge on any atom is 0.416 e. The summed E-state index contributed by atoms with van der Waals surface area (Å²) in [7, 11) is 0. The first-order valence-electron chi connectivity index (χ1n) is 10.7. The summed E-state index contributed by atoms with van der Waals surface area (Å²) in [5, 5.41) is 8.54. The average Bonchev–Trinajstić information content (AvgIpc) is 2.71. The molecule has 0 aliphatic heterocycles. The summed E-state index contributed by atoms with van der Waals surface area (Å²) in [6, 6.07) is 7.87. The third-order valence-electron chi connectivity index (χ3n) is 6.97. The minimum Gasteiger partial charge on any atom is -0.193 e. The van der Waals surface area contributed by atoms with Gasteiger partial charge in [0.1, 0.15) is 0 Å². The number of rotatable bonds is 5. The maximum atomic E-state index is 12.7. The monoisotopic (exact) mass is 389 g/mol. The number of nitrogens with zero attached hydrogens (tertiary/aromatic N) is 1. The Hall–Kier alpha value is -1.76. The lowest BCUT2D eigenvalue weighted by molar-refractivity contribution is -0.137. The molecular weight excluding hydrogens is 359 g/mol. The Morgan fingerprint density at radius 3 is 2.00 bits per heavy atom. The summed E-state index contributed by atoms with van der Waals surface area (Å²) < 4.78 is 38.2. The highest BCUT2D eigenvalue weighted by atomic mass is 19.4. The van der Waals surface area contributed by atoms with Gasteiger partial charge < -0.3 is 0 Å². The zero-order valence-corrected chi connectivity index (χ0v) is 16.4. The summed E-state index contributed by atoms with van der Waals surface area (Å²) >= 11 is 0. The van der Waals surface area contributed by atoms with Gasteiger partial charge in [-0.2, -0.15) is 18.4 Å². The smallest absolute Gasteiger partial charge is 0.193 e. The van der Waals surface area contributed by atoms with E-state index in [4.69, 9.17) is 5.26 Å². The SMILES string of the molecule is N#CC=CCCC1CCC(C2CCC(c3ccc(C(F)(F)F)cc3)CC2)CC1. The highest BCUT2D eigenvalue weighted by Crippen LogP contribution is 2.44. The van der Waals surface area contributed by atoms with E-state index in [1.807, 2.05) is 12.1 Å². The Kier molecular flexibility index (Phi) is 7.21. The van der Waals surface area contributed by atoms with Crippen molar-refractivity contribution in [3.63, 3.8) is 0 Å². The van der Waals surface area contributed by atoms with Gasteiger partial charge in [0.05, 0.1) is 11.6 Å². The molecule has 3 rings (SSSR count). The van der Waals surface area contributed by atoms with Crippen molar-refractivity contribution >= 4 is 0 Å². The van der Waals surface area contributed by atoms with E-state index in [2.05, 4.69) is 0 Å². The van der Waals surface area contributed by atoms with Crippen LogP contribution in [0, 0.1) is 29.1 Å². The van der Waals surface area contributed by atoms with Crippen molar-refractivity contribution in [2.75, 3.05) is 0 Å². The van der Waals surface area contributed by atoms with Gasteiger partial charge in [-0.1, -0.05) is 31.1 Å². The number of benzene rings is 1. The number of nitriles is 1. The number of allylic oxidation sites excluding steroid dienone is 2. The first-order valence-corrected chi connectivity index (χ1v) is 10.7. The zero-order chi connectivity index (χ0) is 20.0. The van der Waals surface area contributed by atoms with Gasteiger partial charge in [-0.15, -0.1) is 0 Å². The summed E-state index contributed by atoms with van der Waals surface area (Å²) in [5.41, 5.74) is 0.519. The van der Waals surface area contributed by atoms with E-state index >= 15 is 0 Å². The quantitative estimate of drug-likeness (QED) is 0.475. The van der Waals surface area contributed by atoms with Gasteiger partial charge in [-0.05, 0) is 92.7 Å².